The highest BCUT2D eigenvalue weighted by Gasteiger charge is 2.20. The minimum absolute atomic E-state index is 0.169. The Hall–Kier alpha value is -3.20. The Morgan fingerprint density at radius 3 is 2.79 bits per heavy atom. The quantitative estimate of drug-likeness (QED) is 0.572. The minimum atomic E-state index is -0.485. The van der Waals surface area contributed by atoms with Crippen LogP contribution in [0, 0.1) is 0 Å². The van der Waals surface area contributed by atoms with Crippen LogP contribution in [0.1, 0.15) is 23.7 Å². The monoisotopic (exact) mass is 402 g/mol. The van der Waals surface area contributed by atoms with Gasteiger partial charge < -0.3 is 24.3 Å². The number of carbonyl (C=O) groups is 3. The lowest BCUT2D eigenvalue weighted by Gasteiger charge is -2.21. The van der Waals surface area contributed by atoms with E-state index in [2.05, 4.69) is 10.3 Å². The molecule has 2 rings (SSSR count). The Morgan fingerprint density at radius 1 is 1.28 bits per heavy atom. The third kappa shape index (κ3) is 7.38. The Labute approximate surface area is 169 Å². The fourth-order valence-corrected chi connectivity index (χ4v) is 2.60. The Morgan fingerprint density at radius 2 is 2.10 bits per heavy atom. The maximum absolute atomic E-state index is 12.8. The first kappa shape index (κ1) is 22.1. The van der Waals surface area contributed by atoms with Crippen LogP contribution in [-0.2, 0) is 25.6 Å². The number of benzene rings is 1. The van der Waals surface area contributed by atoms with Crippen LogP contribution in [0.4, 0.5) is 5.69 Å². The van der Waals surface area contributed by atoms with Crippen LogP contribution < -0.4 is 5.32 Å². The van der Waals surface area contributed by atoms with Crippen LogP contribution in [0.2, 0.25) is 0 Å². The van der Waals surface area contributed by atoms with E-state index in [4.69, 9.17) is 9.47 Å². The van der Waals surface area contributed by atoms with Gasteiger partial charge in [-0.1, -0.05) is 6.07 Å². The van der Waals surface area contributed by atoms with Gasteiger partial charge in [-0.25, -0.2) is 4.98 Å². The average molecular weight is 402 g/mol. The van der Waals surface area contributed by atoms with E-state index < -0.39 is 5.97 Å². The summed E-state index contributed by atoms with van der Waals surface area (Å²) in [7, 11) is 1.52. The third-order valence-electron chi connectivity index (χ3n) is 4.03. The van der Waals surface area contributed by atoms with E-state index >= 15 is 0 Å². The molecule has 2 amide bonds. The molecule has 2 aromatic rings. The molecule has 156 valence electrons. The van der Waals surface area contributed by atoms with Crippen molar-refractivity contribution in [1.29, 1.82) is 0 Å². The van der Waals surface area contributed by atoms with Gasteiger partial charge in [0.1, 0.15) is 6.54 Å². The average Bonchev–Trinajstić information content (AvgIpc) is 3.23. The van der Waals surface area contributed by atoms with Crippen LogP contribution in [-0.4, -0.2) is 65.6 Å². The van der Waals surface area contributed by atoms with Crippen molar-refractivity contribution in [2.24, 2.45) is 0 Å². The lowest BCUT2D eigenvalue weighted by molar-refractivity contribution is -0.144. The van der Waals surface area contributed by atoms with Crippen molar-refractivity contribution in [3.63, 3.8) is 0 Å². The van der Waals surface area contributed by atoms with Gasteiger partial charge >= 0.3 is 5.97 Å². The molecule has 0 aliphatic heterocycles. The number of aryl methyl sites for hydroxylation is 1. The van der Waals surface area contributed by atoms with E-state index in [0.29, 0.717) is 17.8 Å². The van der Waals surface area contributed by atoms with Gasteiger partial charge in [-0.15, -0.1) is 0 Å². The van der Waals surface area contributed by atoms with Crippen molar-refractivity contribution in [2.75, 3.05) is 38.7 Å². The number of rotatable bonds is 11. The van der Waals surface area contributed by atoms with E-state index in [1.165, 1.54) is 12.0 Å². The van der Waals surface area contributed by atoms with Crippen molar-refractivity contribution in [2.45, 2.75) is 19.9 Å². The Balaban J connectivity index is 2.01. The van der Waals surface area contributed by atoms with Gasteiger partial charge in [0.05, 0.1) is 19.5 Å². The number of anilines is 1. The van der Waals surface area contributed by atoms with Crippen LogP contribution in [0.25, 0.3) is 0 Å². The second-order valence-electron chi connectivity index (χ2n) is 6.20. The number of ether oxygens (including phenoxy) is 2. The highest BCUT2D eigenvalue weighted by Crippen LogP contribution is 2.14. The minimum Gasteiger partial charge on any atom is -0.465 e. The summed E-state index contributed by atoms with van der Waals surface area (Å²) in [4.78, 5) is 42.1. The molecule has 0 bridgehead atoms. The van der Waals surface area contributed by atoms with Crippen LogP contribution in [0.5, 0.6) is 0 Å². The molecule has 0 unspecified atom stereocenters. The number of imidazole rings is 1. The normalized spacial score (nSPS) is 10.4. The molecule has 9 heteroatoms. The highest BCUT2D eigenvalue weighted by atomic mass is 16.5. The highest BCUT2D eigenvalue weighted by molar-refractivity contribution is 5.98. The molecule has 1 aromatic carbocycles. The smallest absolute Gasteiger partial charge is 0.325 e. The van der Waals surface area contributed by atoms with Crippen LogP contribution >= 0.6 is 0 Å². The molecule has 0 aliphatic carbocycles. The number of hydrogen-bond acceptors (Lipinski definition) is 6. The van der Waals surface area contributed by atoms with Gasteiger partial charge in [-0.05, 0) is 25.1 Å². The summed E-state index contributed by atoms with van der Waals surface area (Å²) in [5, 5.41) is 2.78. The molecule has 0 radical (unpaired) electrons. The molecule has 0 fully saturated rings. The predicted octanol–water partition coefficient (Wildman–Crippen LogP) is 1.56. The van der Waals surface area contributed by atoms with Gasteiger partial charge in [0.15, 0.2) is 0 Å². The number of carbonyl (C=O) groups excluding carboxylic acids is 3. The first-order valence-corrected chi connectivity index (χ1v) is 9.33. The Kier molecular flexibility index (Phi) is 8.84. The first-order valence-electron chi connectivity index (χ1n) is 9.33. The maximum Gasteiger partial charge on any atom is 0.325 e. The molecule has 1 aromatic heterocycles. The molecule has 29 heavy (non-hydrogen) atoms. The van der Waals surface area contributed by atoms with E-state index in [-0.39, 0.29) is 44.5 Å². The number of hydrogen-bond donors (Lipinski definition) is 1. The fraction of sp³-hybridized carbons (Fsp3) is 0.400. The second-order valence-corrected chi connectivity index (χ2v) is 6.20. The number of methoxy groups -OCH3 is 1. The van der Waals surface area contributed by atoms with Gasteiger partial charge in [0.2, 0.25) is 5.91 Å². The molecule has 0 saturated carbocycles. The SMILES string of the molecule is CCOC(=O)CN(CCOC)C(=O)c1cccc(NC(=O)CCn2ccnc2)c1. The molecular formula is C20H26N4O5. The van der Waals surface area contributed by atoms with Crippen molar-refractivity contribution in [3.8, 4) is 0 Å². The molecule has 1 N–H and O–H groups in total. The zero-order valence-electron chi connectivity index (χ0n) is 16.7. The van der Waals surface area contributed by atoms with Gasteiger partial charge in [0.25, 0.3) is 5.91 Å². The summed E-state index contributed by atoms with van der Waals surface area (Å²) in [6.07, 6.45) is 5.35. The molecule has 0 atom stereocenters. The third-order valence-corrected chi connectivity index (χ3v) is 4.03. The topological polar surface area (TPSA) is 103 Å². The largest absolute Gasteiger partial charge is 0.465 e. The number of aromatic nitrogens is 2. The van der Waals surface area contributed by atoms with E-state index in [9.17, 15) is 14.4 Å². The van der Waals surface area contributed by atoms with Crippen LogP contribution in [0.3, 0.4) is 0 Å². The second kappa shape index (κ2) is 11.6. The van der Waals surface area contributed by atoms with E-state index in [0.717, 1.165) is 0 Å². The summed E-state index contributed by atoms with van der Waals surface area (Å²) < 4.78 is 11.8. The summed E-state index contributed by atoms with van der Waals surface area (Å²) in [5.74, 6) is -1.00. The standard InChI is InChI=1S/C20H26N4O5/c1-3-29-19(26)14-24(11-12-28-2)20(27)16-5-4-6-17(13-16)22-18(25)7-9-23-10-8-21-15-23/h4-6,8,10,13,15H,3,7,9,11-12,14H2,1-2H3,(H,22,25). The van der Waals surface area contributed by atoms with Crippen molar-refractivity contribution >= 4 is 23.5 Å². The molecule has 0 aliphatic rings. The Bertz CT molecular complexity index is 807. The lowest BCUT2D eigenvalue weighted by atomic mass is 10.1. The number of esters is 1. The van der Waals surface area contributed by atoms with E-state index in [1.54, 1.807) is 49.9 Å². The van der Waals surface area contributed by atoms with Crippen molar-refractivity contribution in [3.05, 3.63) is 48.5 Å². The molecular weight excluding hydrogens is 376 g/mol. The predicted molar refractivity (Wildman–Crippen MR) is 106 cm³/mol. The van der Waals surface area contributed by atoms with Crippen molar-refractivity contribution < 1.29 is 23.9 Å². The molecule has 0 saturated heterocycles. The maximum atomic E-state index is 12.8. The van der Waals surface area contributed by atoms with Gasteiger partial charge in [0, 0.05) is 50.3 Å². The zero-order valence-corrected chi connectivity index (χ0v) is 16.7. The first-order chi connectivity index (χ1) is 14.0. The number of nitrogens with one attached hydrogen (secondary N) is 1. The van der Waals surface area contributed by atoms with Gasteiger partial charge in [-0.2, -0.15) is 0 Å². The summed E-state index contributed by atoms with van der Waals surface area (Å²) in [5.41, 5.74) is 0.868. The fourth-order valence-electron chi connectivity index (χ4n) is 2.60. The summed E-state index contributed by atoms with van der Waals surface area (Å²) in [6.45, 7) is 2.82. The summed E-state index contributed by atoms with van der Waals surface area (Å²) >= 11 is 0. The molecule has 9 nitrogen and oxygen atoms in total. The molecule has 0 spiro atoms. The molecule has 1 heterocycles. The number of nitrogens with zero attached hydrogens (tertiary/aromatic N) is 3. The summed E-state index contributed by atoms with van der Waals surface area (Å²) in [6, 6.07) is 6.60. The number of amides is 2. The van der Waals surface area contributed by atoms with E-state index in [1.807, 2.05) is 4.57 Å². The van der Waals surface area contributed by atoms with Crippen molar-refractivity contribution in [1.82, 2.24) is 14.5 Å². The van der Waals surface area contributed by atoms with Gasteiger partial charge in [-0.3, -0.25) is 14.4 Å². The van der Waals surface area contributed by atoms with Crippen LogP contribution in [0.15, 0.2) is 43.0 Å². The zero-order chi connectivity index (χ0) is 21.1. The lowest BCUT2D eigenvalue weighted by Crippen LogP contribution is -2.38.